The van der Waals surface area contributed by atoms with E-state index in [4.69, 9.17) is 14.2 Å². The van der Waals surface area contributed by atoms with Crippen LogP contribution in [0.3, 0.4) is 0 Å². The zero-order valence-corrected chi connectivity index (χ0v) is 22.7. The summed E-state index contributed by atoms with van der Waals surface area (Å²) < 4.78 is 19.4. The molecule has 36 heavy (non-hydrogen) atoms. The van der Waals surface area contributed by atoms with E-state index in [1.807, 2.05) is 36.5 Å². The highest BCUT2D eigenvalue weighted by atomic mass is 16.6. The third-order valence-corrected chi connectivity index (χ3v) is 6.76. The summed E-state index contributed by atoms with van der Waals surface area (Å²) in [6.45, 7) is 13.0. The number of piperazine rings is 1. The number of rotatable bonds is 6. The Balaban J connectivity index is 1.52. The van der Waals surface area contributed by atoms with Gasteiger partial charge in [-0.05, 0) is 70.1 Å². The smallest absolute Gasteiger partial charge is 0.410 e. The first-order valence-corrected chi connectivity index (χ1v) is 13.2. The zero-order valence-electron chi connectivity index (χ0n) is 22.7. The maximum absolute atomic E-state index is 12.9. The standard InChI is InChI=1S/C28H42N4O4/c1-20(2)15-23-19-30(12-13-31(23)27(33)36-28(3,4)5)24-11-10-21(16-25(24)34-6)22-17-29-32(18-22)26-9-7-8-14-35-26/h10-11,16-18,20,23,26H,7-9,12-15,19H2,1-6H3. The van der Waals surface area contributed by atoms with Crippen LogP contribution in [-0.4, -0.2) is 65.8 Å². The molecule has 2 aliphatic rings. The average Bonchev–Trinajstić information content (AvgIpc) is 3.33. The van der Waals surface area contributed by atoms with Crippen molar-refractivity contribution in [2.24, 2.45) is 5.92 Å². The van der Waals surface area contributed by atoms with Gasteiger partial charge in [0.15, 0.2) is 0 Å². The van der Waals surface area contributed by atoms with Gasteiger partial charge >= 0.3 is 6.09 Å². The van der Waals surface area contributed by atoms with Crippen LogP contribution in [0.5, 0.6) is 5.75 Å². The summed E-state index contributed by atoms with van der Waals surface area (Å²) >= 11 is 0. The molecule has 4 rings (SSSR count). The van der Waals surface area contributed by atoms with Gasteiger partial charge in [0.2, 0.25) is 0 Å². The Bertz CT molecular complexity index is 1020. The zero-order chi connectivity index (χ0) is 25.9. The summed E-state index contributed by atoms with van der Waals surface area (Å²) in [4.78, 5) is 17.2. The molecule has 198 valence electrons. The van der Waals surface area contributed by atoms with Crippen LogP contribution in [0, 0.1) is 5.92 Å². The number of carbonyl (C=O) groups is 1. The molecule has 0 N–H and O–H groups in total. The van der Waals surface area contributed by atoms with Crippen LogP contribution in [0.1, 0.15) is 66.5 Å². The van der Waals surface area contributed by atoms with E-state index in [2.05, 4.69) is 48.2 Å². The molecule has 0 bridgehead atoms. The fraction of sp³-hybridized carbons (Fsp3) is 0.643. The molecule has 0 spiro atoms. The highest BCUT2D eigenvalue weighted by molar-refractivity contribution is 5.72. The third-order valence-electron chi connectivity index (χ3n) is 6.76. The van der Waals surface area contributed by atoms with E-state index < -0.39 is 5.60 Å². The normalized spacial score (nSPS) is 21.1. The van der Waals surface area contributed by atoms with Crippen molar-refractivity contribution in [3.05, 3.63) is 30.6 Å². The van der Waals surface area contributed by atoms with E-state index in [1.54, 1.807) is 7.11 Å². The molecule has 8 heteroatoms. The average molecular weight is 499 g/mol. The maximum atomic E-state index is 12.9. The minimum atomic E-state index is -0.507. The highest BCUT2D eigenvalue weighted by Crippen LogP contribution is 2.36. The Morgan fingerprint density at radius 3 is 2.67 bits per heavy atom. The van der Waals surface area contributed by atoms with Crippen molar-refractivity contribution in [3.8, 4) is 16.9 Å². The van der Waals surface area contributed by atoms with Gasteiger partial charge in [0.25, 0.3) is 0 Å². The van der Waals surface area contributed by atoms with E-state index in [1.165, 1.54) is 6.42 Å². The van der Waals surface area contributed by atoms with Gasteiger partial charge in [0.05, 0.1) is 25.0 Å². The van der Waals surface area contributed by atoms with Gasteiger partial charge in [-0.25, -0.2) is 9.48 Å². The number of benzene rings is 1. The topological polar surface area (TPSA) is 69.1 Å². The summed E-state index contributed by atoms with van der Waals surface area (Å²) in [6, 6.07) is 6.40. The van der Waals surface area contributed by atoms with Gasteiger partial charge in [-0.2, -0.15) is 5.10 Å². The molecule has 1 aromatic carbocycles. The van der Waals surface area contributed by atoms with Gasteiger partial charge in [0, 0.05) is 38.0 Å². The maximum Gasteiger partial charge on any atom is 0.410 e. The van der Waals surface area contributed by atoms with Gasteiger partial charge in [-0.3, -0.25) is 0 Å². The van der Waals surface area contributed by atoms with Gasteiger partial charge in [0.1, 0.15) is 17.6 Å². The quantitative estimate of drug-likeness (QED) is 0.507. The summed E-state index contributed by atoms with van der Waals surface area (Å²) in [5.41, 5.74) is 2.64. The van der Waals surface area contributed by atoms with E-state index in [9.17, 15) is 4.79 Å². The van der Waals surface area contributed by atoms with Crippen LogP contribution in [0.4, 0.5) is 10.5 Å². The van der Waals surface area contributed by atoms with E-state index in [0.717, 1.165) is 61.5 Å². The Labute approximate surface area is 215 Å². The van der Waals surface area contributed by atoms with Crippen molar-refractivity contribution >= 4 is 11.8 Å². The van der Waals surface area contributed by atoms with Crippen LogP contribution in [0.2, 0.25) is 0 Å². The lowest BCUT2D eigenvalue weighted by atomic mass is 9.99. The summed E-state index contributed by atoms with van der Waals surface area (Å²) in [5.74, 6) is 1.29. The van der Waals surface area contributed by atoms with Crippen LogP contribution in [0.25, 0.3) is 11.1 Å². The molecule has 2 aliphatic heterocycles. The largest absolute Gasteiger partial charge is 0.495 e. The molecule has 0 saturated carbocycles. The van der Waals surface area contributed by atoms with E-state index in [0.29, 0.717) is 12.5 Å². The monoisotopic (exact) mass is 498 g/mol. The SMILES string of the molecule is COc1cc(-c2cnn(C3CCCCO3)c2)ccc1N1CCN(C(=O)OC(C)(C)C)C(CC(C)C)C1. The summed E-state index contributed by atoms with van der Waals surface area (Å²) in [5, 5.41) is 4.56. The van der Waals surface area contributed by atoms with Crippen molar-refractivity contribution < 1.29 is 19.0 Å². The molecule has 2 aromatic rings. The molecule has 2 fully saturated rings. The van der Waals surface area contributed by atoms with E-state index in [-0.39, 0.29) is 18.4 Å². The van der Waals surface area contributed by atoms with Crippen molar-refractivity contribution in [1.29, 1.82) is 0 Å². The predicted octanol–water partition coefficient (Wildman–Crippen LogP) is 5.73. The Kier molecular flexibility index (Phi) is 8.13. The lowest BCUT2D eigenvalue weighted by Crippen LogP contribution is -2.56. The first kappa shape index (κ1) is 26.3. The predicted molar refractivity (Wildman–Crippen MR) is 141 cm³/mol. The second-order valence-corrected chi connectivity index (χ2v) is 11.3. The number of hydrogen-bond acceptors (Lipinski definition) is 6. The molecule has 8 nitrogen and oxygen atoms in total. The molecule has 0 radical (unpaired) electrons. The van der Waals surface area contributed by atoms with Gasteiger partial charge in [-0.1, -0.05) is 19.9 Å². The molecule has 2 atom stereocenters. The molecular weight excluding hydrogens is 456 g/mol. The number of hydrogen-bond donors (Lipinski definition) is 0. The molecule has 3 heterocycles. The second kappa shape index (κ2) is 11.1. The Hall–Kier alpha value is -2.74. The minimum absolute atomic E-state index is 0.0211. The number of aromatic nitrogens is 2. The first-order valence-electron chi connectivity index (χ1n) is 13.2. The lowest BCUT2D eigenvalue weighted by Gasteiger charge is -2.43. The number of ether oxygens (including phenoxy) is 3. The fourth-order valence-corrected chi connectivity index (χ4v) is 5.08. The number of amides is 1. The van der Waals surface area contributed by atoms with Crippen LogP contribution in [-0.2, 0) is 9.47 Å². The van der Waals surface area contributed by atoms with Crippen molar-refractivity contribution in [2.45, 2.75) is 78.2 Å². The van der Waals surface area contributed by atoms with Crippen LogP contribution in [0.15, 0.2) is 30.6 Å². The number of carbonyl (C=O) groups excluding carboxylic acids is 1. The minimum Gasteiger partial charge on any atom is -0.495 e. The van der Waals surface area contributed by atoms with Crippen molar-refractivity contribution in [1.82, 2.24) is 14.7 Å². The first-order chi connectivity index (χ1) is 17.1. The second-order valence-electron chi connectivity index (χ2n) is 11.3. The van der Waals surface area contributed by atoms with Gasteiger partial charge < -0.3 is 24.0 Å². The lowest BCUT2D eigenvalue weighted by molar-refractivity contribution is -0.0394. The van der Waals surface area contributed by atoms with Gasteiger partial charge in [-0.15, -0.1) is 0 Å². The van der Waals surface area contributed by atoms with Crippen LogP contribution < -0.4 is 9.64 Å². The Morgan fingerprint density at radius 1 is 1.19 bits per heavy atom. The van der Waals surface area contributed by atoms with E-state index >= 15 is 0 Å². The number of anilines is 1. The Morgan fingerprint density at radius 2 is 2.00 bits per heavy atom. The third kappa shape index (κ3) is 6.33. The number of nitrogens with zero attached hydrogens (tertiary/aromatic N) is 4. The molecule has 2 unspecified atom stereocenters. The van der Waals surface area contributed by atoms with Crippen LogP contribution >= 0.6 is 0 Å². The highest BCUT2D eigenvalue weighted by Gasteiger charge is 2.34. The molecular formula is C28H42N4O4. The molecule has 0 aliphatic carbocycles. The number of methoxy groups -OCH3 is 1. The fourth-order valence-electron chi connectivity index (χ4n) is 5.08. The van der Waals surface area contributed by atoms with Crippen molar-refractivity contribution in [2.75, 3.05) is 38.3 Å². The summed E-state index contributed by atoms with van der Waals surface area (Å²) in [7, 11) is 1.71. The van der Waals surface area contributed by atoms with Crippen molar-refractivity contribution in [3.63, 3.8) is 0 Å². The summed E-state index contributed by atoms with van der Waals surface area (Å²) in [6.07, 6.45) is 7.94. The molecule has 1 amide bonds. The molecule has 1 aromatic heterocycles. The molecule has 2 saturated heterocycles.